The Balaban J connectivity index is 1.24. The maximum atomic E-state index is 12.8. The van der Waals surface area contributed by atoms with Crippen LogP contribution in [0.3, 0.4) is 0 Å². The van der Waals surface area contributed by atoms with Crippen molar-refractivity contribution < 1.29 is 48.2 Å². The van der Waals surface area contributed by atoms with E-state index < -0.39 is 19.7 Å². The highest BCUT2D eigenvalue weighted by Gasteiger charge is 2.35. The Morgan fingerprint density at radius 3 is 0.932 bits per heavy atom. The van der Waals surface area contributed by atoms with Crippen molar-refractivity contribution in [2.45, 2.75) is 117 Å². The predicted molar refractivity (Wildman–Crippen MR) is 275 cm³/mol. The average Bonchev–Trinajstić information content (AvgIpc) is 3.61. The number of nitro benzene ring substituents is 4. The van der Waals surface area contributed by atoms with E-state index in [1.165, 1.54) is 53.4 Å². The van der Waals surface area contributed by atoms with E-state index in [1.54, 1.807) is 24.3 Å². The number of hydrogen-bond acceptors (Lipinski definition) is 14. The standard InChI is InChI=1S/C55H61N5O14/c1-4-20-71-50-36-24-38-30-45(58(65)66)32-40(51(38)72-21-5-2)26-42-34-47(60(69)70)35-43(27-41-33-46(59(67)68)31-39(52(41)73-22-6-3)25-37(50)29-44(28-36)57(63)64)53(42)74-23-16-12-10-8-7-9-11-15-19-56-54(61)48-17-13-14-18-49(48)55(56)62/h13-14,17-18,28-35H,4-12,15-16,19-27H2,1-3H3. The van der Waals surface area contributed by atoms with Crippen LogP contribution in [-0.4, -0.2) is 69.4 Å². The number of hydrogen-bond donors (Lipinski definition) is 0. The van der Waals surface area contributed by atoms with Gasteiger partial charge in [-0.1, -0.05) is 71.4 Å². The van der Waals surface area contributed by atoms with Crippen molar-refractivity contribution in [3.63, 3.8) is 0 Å². The van der Waals surface area contributed by atoms with Gasteiger partial charge in [0.05, 0.1) is 57.2 Å². The van der Waals surface area contributed by atoms with E-state index in [2.05, 4.69) is 0 Å². The predicted octanol–water partition coefficient (Wildman–Crippen LogP) is 12.2. The summed E-state index contributed by atoms with van der Waals surface area (Å²) >= 11 is 0. The number of non-ortho nitro benzene ring substituents is 4. The molecule has 19 heteroatoms. The Kier molecular flexibility index (Phi) is 18.3. The number of carbonyl (C=O) groups excluding carboxylic acids is 2. The summed E-state index contributed by atoms with van der Waals surface area (Å²) in [5.74, 6) is 0.608. The van der Waals surface area contributed by atoms with Crippen LogP contribution >= 0.6 is 0 Å². The van der Waals surface area contributed by atoms with Crippen LogP contribution in [0.15, 0.2) is 72.8 Å². The first-order valence-electron chi connectivity index (χ1n) is 25.4. The second-order valence-electron chi connectivity index (χ2n) is 18.6. The van der Waals surface area contributed by atoms with Gasteiger partial charge in [0.2, 0.25) is 0 Å². The van der Waals surface area contributed by atoms with E-state index in [0.29, 0.717) is 94.3 Å². The molecule has 19 nitrogen and oxygen atoms in total. The minimum absolute atomic E-state index is 0.125. The molecule has 0 fully saturated rings. The van der Waals surface area contributed by atoms with Crippen LogP contribution in [0.1, 0.15) is 157 Å². The number of benzene rings is 5. The maximum absolute atomic E-state index is 12.8. The van der Waals surface area contributed by atoms with Gasteiger partial charge in [-0.2, -0.15) is 0 Å². The lowest BCUT2D eigenvalue weighted by Gasteiger charge is -2.22. The number of amides is 2. The fourth-order valence-corrected chi connectivity index (χ4v) is 9.64. The third kappa shape index (κ3) is 12.8. The molecule has 0 aromatic heterocycles. The average molecular weight is 1020 g/mol. The zero-order valence-corrected chi connectivity index (χ0v) is 42.0. The summed E-state index contributed by atoms with van der Waals surface area (Å²) in [5, 5.41) is 50.8. The van der Waals surface area contributed by atoms with E-state index in [9.17, 15) is 50.0 Å². The molecule has 8 bridgehead atoms. The quantitative estimate of drug-likeness (QED) is 0.0224. The first kappa shape index (κ1) is 53.8. The lowest BCUT2D eigenvalue weighted by Crippen LogP contribution is -2.30. The van der Waals surface area contributed by atoms with Crippen LogP contribution in [0, 0.1) is 40.5 Å². The lowest BCUT2D eigenvalue weighted by atomic mass is 9.90. The molecular formula is C55H61N5O14. The highest BCUT2D eigenvalue weighted by Crippen LogP contribution is 2.43. The molecule has 0 saturated carbocycles. The minimum Gasteiger partial charge on any atom is -0.493 e. The van der Waals surface area contributed by atoms with Crippen LogP contribution in [0.25, 0.3) is 0 Å². The molecule has 2 aliphatic rings. The van der Waals surface area contributed by atoms with Gasteiger partial charge in [0.25, 0.3) is 34.6 Å². The highest BCUT2D eigenvalue weighted by molar-refractivity contribution is 6.21. The smallest absolute Gasteiger partial charge is 0.270 e. The highest BCUT2D eigenvalue weighted by atomic mass is 16.6. The SMILES string of the molecule is CCCOc1c2cc([N+](=O)[O-])cc1Cc1cc([N+](=O)[O-])cc(c1OCCC)Cc1cc([N+](=O)[O-])cc(c1OCCCCCCCCCCN1C(=O)c3ccccc3C1=O)Cc1cc([N+](=O)[O-])cc(c1OCCC)C2. The Bertz CT molecular complexity index is 2780. The van der Waals surface area contributed by atoms with E-state index in [0.717, 1.165) is 38.5 Å². The fourth-order valence-electron chi connectivity index (χ4n) is 9.64. The number of nitrogens with zero attached hydrogens (tertiary/aromatic N) is 5. The van der Waals surface area contributed by atoms with Gasteiger partial charge in [0.1, 0.15) is 23.0 Å². The van der Waals surface area contributed by atoms with Gasteiger partial charge in [-0.05, 0) is 44.2 Å². The summed E-state index contributed by atoms with van der Waals surface area (Å²) in [6.07, 6.45) is 7.85. The zero-order chi connectivity index (χ0) is 52.9. The van der Waals surface area contributed by atoms with E-state index >= 15 is 0 Å². The lowest BCUT2D eigenvalue weighted by molar-refractivity contribution is -0.385. The molecule has 1 aliphatic heterocycles. The number of carbonyl (C=O) groups is 2. The first-order chi connectivity index (χ1) is 35.7. The van der Waals surface area contributed by atoms with Gasteiger partial charge in [-0.15, -0.1) is 0 Å². The molecular weight excluding hydrogens is 955 g/mol. The third-order valence-corrected chi connectivity index (χ3v) is 13.0. The summed E-state index contributed by atoms with van der Waals surface area (Å²) in [7, 11) is 0. The number of unbranched alkanes of at least 4 members (excludes halogenated alkanes) is 7. The summed E-state index contributed by atoms with van der Waals surface area (Å²) < 4.78 is 25.8. The molecule has 74 heavy (non-hydrogen) atoms. The fraction of sp³-hybridized carbons (Fsp3) is 0.418. The number of imide groups is 1. The normalized spacial score (nSPS) is 12.8. The van der Waals surface area contributed by atoms with Crippen molar-refractivity contribution in [1.29, 1.82) is 0 Å². The molecule has 1 aliphatic carbocycles. The molecule has 390 valence electrons. The van der Waals surface area contributed by atoms with Crippen molar-refractivity contribution in [3.05, 3.63) is 169 Å². The van der Waals surface area contributed by atoms with Crippen LogP contribution in [0.4, 0.5) is 22.7 Å². The molecule has 0 N–H and O–H groups in total. The number of rotatable bonds is 25. The first-order valence-corrected chi connectivity index (χ1v) is 25.4. The summed E-state index contributed by atoms with van der Waals surface area (Å²) in [4.78, 5) is 75.4. The molecule has 0 atom stereocenters. The Hall–Kier alpha value is -7.96. The van der Waals surface area contributed by atoms with Crippen molar-refractivity contribution in [2.24, 2.45) is 0 Å². The van der Waals surface area contributed by atoms with Gasteiger partial charge in [0.15, 0.2) is 0 Å². The topological polar surface area (TPSA) is 247 Å². The molecule has 5 aromatic carbocycles. The monoisotopic (exact) mass is 1020 g/mol. The van der Waals surface area contributed by atoms with Gasteiger partial charge in [-0.3, -0.25) is 54.9 Å². The van der Waals surface area contributed by atoms with E-state index in [1.807, 2.05) is 20.8 Å². The summed E-state index contributed by atoms with van der Waals surface area (Å²) in [5.41, 5.74) is 2.29. The van der Waals surface area contributed by atoms with Crippen LogP contribution in [-0.2, 0) is 25.7 Å². The molecule has 2 amide bonds. The number of fused-ring (bicyclic) bond motifs is 9. The van der Waals surface area contributed by atoms with E-state index in [-0.39, 0.29) is 110 Å². The molecule has 1 heterocycles. The molecule has 0 spiro atoms. The van der Waals surface area contributed by atoms with Gasteiger partial charge in [-0.25, -0.2) is 0 Å². The van der Waals surface area contributed by atoms with Crippen LogP contribution in [0.5, 0.6) is 23.0 Å². The number of nitro groups is 4. The van der Waals surface area contributed by atoms with Crippen molar-refractivity contribution in [1.82, 2.24) is 4.90 Å². The third-order valence-electron chi connectivity index (χ3n) is 13.0. The van der Waals surface area contributed by atoms with Crippen LogP contribution < -0.4 is 18.9 Å². The molecule has 0 saturated heterocycles. The van der Waals surface area contributed by atoms with Crippen molar-refractivity contribution in [2.75, 3.05) is 33.0 Å². The second-order valence-corrected chi connectivity index (χ2v) is 18.6. The molecule has 5 aromatic rings. The maximum Gasteiger partial charge on any atom is 0.270 e. The zero-order valence-electron chi connectivity index (χ0n) is 42.0. The van der Waals surface area contributed by atoms with Gasteiger partial charge >= 0.3 is 0 Å². The Morgan fingerprint density at radius 2 is 0.662 bits per heavy atom. The summed E-state index contributed by atoms with van der Waals surface area (Å²) in [6, 6.07) is 17.8. The summed E-state index contributed by atoms with van der Waals surface area (Å²) in [6.45, 7) is 6.86. The largest absolute Gasteiger partial charge is 0.493 e. The van der Waals surface area contributed by atoms with Crippen molar-refractivity contribution >= 4 is 34.6 Å². The van der Waals surface area contributed by atoms with E-state index in [4.69, 9.17) is 18.9 Å². The second kappa shape index (κ2) is 25.1. The minimum atomic E-state index is -0.550. The molecule has 0 unspecified atom stereocenters. The van der Waals surface area contributed by atoms with Gasteiger partial charge < -0.3 is 18.9 Å². The molecule has 0 radical (unpaired) electrons. The van der Waals surface area contributed by atoms with Gasteiger partial charge in [0, 0.05) is 125 Å². The number of ether oxygens (including phenoxy) is 4. The Labute approximate surface area is 428 Å². The van der Waals surface area contributed by atoms with Crippen LogP contribution in [0.2, 0.25) is 0 Å². The molecule has 7 rings (SSSR count). The van der Waals surface area contributed by atoms with Crippen molar-refractivity contribution in [3.8, 4) is 23.0 Å². The Morgan fingerprint density at radius 1 is 0.405 bits per heavy atom.